The van der Waals surface area contributed by atoms with Crippen molar-refractivity contribution < 1.29 is 23.0 Å². The smallest absolute Gasteiger partial charge is 0.395 e. The van der Waals surface area contributed by atoms with Gasteiger partial charge in [-0.1, -0.05) is 49.2 Å². The number of amides is 1. The molecule has 10 heteroatoms. The summed E-state index contributed by atoms with van der Waals surface area (Å²) in [6, 6.07) is 9.05. The molecular weight excluding hydrogens is 439 g/mol. The second-order valence-corrected chi connectivity index (χ2v) is 6.48. The summed E-state index contributed by atoms with van der Waals surface area (Å²) in [5.74, 6) is -0.606. The number of hydrogen-bond acceptors (Lipinski definition) is 5. The van der Waals surface area contributed by atoms with Gasteiger partial charge in [0.25, 0.3) is 5.91 Å². The topological polar surface area (TPSA) is 73.3 Å². The number of hydrogen-bond donors (Lipinski definition) is 1. The average molecular weight is 454 g/mol. The molecule has 0 fully saturated rings. The van der Waals surface area contributed by atoms with E-state index in [9.17, 15) is 13.6 Å². The molecule has 0 saturated carbocycles. The van der Waals surface area contributed by atoms with E-state index < -0.39 is 12.2 Å². The van der Waals surface area contributed by atoms with Gasteiger partial charge in [-0.3, -0.25) is 9.78 Å². The summed E-state index contributed by atoms with van der Waals surface area (Å²) in [5.41, 5.74) is 0.898. The quantitative estimate of drug-likeness (QED) is 0.522. The first-order chi connectivity index (χ1) is 14.3. The monoisotopic (exact) mass is 453 g/mol. The lowest BCUT2D eigenvalue weighted by Gasteiger charge is -2.08. The van der Waals surface area contributed by atoms with Crippen LogP contribution in [0.4, 0.5) is 14.6 Å². The average Bonchev–Trinajstić information content (AvgIpc) is 3.02. The van der Waals surface area contributed by atoms with Crippen molar-refractivity contribution in [1.29, 1.82) is 0 Å². The Kier molecular flexibility index (Phi) is 6.38. The van der Waals surface area contributed by atoms with E-state index in [0.717, 1.165) is 0 Å². The number of rotatable bonds is 3. The van der Waals surface area contributed by atoms with Crippen LogP contribution in [0.5, 0.6) is 11.5 Å². The van der Waals surface area contributed by atoms with Crippen LogP contribution in [-0.4, -0.2) is 22.2 Å². The zero-order valence-corrected chi connectivity index (χ0v) is 17.3. The zero-order valence-electron chi connectivity index (χ0n) is 15.7. The number of ether oxygens (including phenoxy) is 2. The molecule has 30 heavy (non-hydrogen) atoms. The predicted octanol–water partition coefficient (Wildman–Crippen LogP) is 6.05. The summed E-state index contributed by atoms with van der Waals surface area (Å²) in [6.45, 7) is 4.00. The molecule has 1 amide bonds. The molecule has 1 aliphatic heterocycles. The summed E-state index contributed by atoms with van der Waals surface area (Å²) >= 11 is 12.1. The summed E-state index contributed by atoms with van der Waals surface area (Å²) in [5, 5.41) is 3.00. The van der Waals surface area contributed by atoms with Crippen molar-refractivity contribution in [2.45, 2.75) is 20.1 Å². The Morgan fingerprint density at radius 1 is 1.00 bits per heavy atom. The minimum Gasteiger partial charge on any atom is -0.395 e. The number of fused-ring (bicyclic) bond motifs is 1. The van der Waals surface area contributed by atoms with Crippen LogP contribution >= 0.6 is 23.2 Å². The third-order valence-corrected chi connectivity index (χ3v) is 4.42. The molecule has 0 spiro atoms. The number of nitrogens with zero attached hydrogens (tertiary/aromatic N) is 2. The number of carbonyl (C=O) groups is 1. The molecule has 1 N–H and O–H groups in total. The first-order valence-corrected chi connectivity index (χ1v) is 9.56. The zero-order chi connectivity index (χ0) is 21.9. The van der Waals surface area contributed by atoms with Gasteiger partial charge in [0.1, 0.15) is 0 Å². The highest BCUT2D eigenvalue weighted by Crippen LogP contribution is 2.45. The Hall–Kier alpha value is -2.97. The van der Waals surface area contributed by atoms with Crippen LogP contribution in [0.15, 0.2) is 48.8 Å². The number of nitrogens with one attached hydrogen (secondary N) is 1. The van der Waals surface area contributed by atoms with Crippen molar-refractivity contribution in [2.75, 3.05) is 5.32 Å². The third-order valence-electron chi connectivity index (χ3n) is 3.78. The van der Waals surface area contributed by atoms with Gasteiger partial charge in [-0.25, -0.2) is 4.98 Å². The maximum absolute atomic E-state index is 13.2. The lowest BCUT2D eigenvalue weighted by molar-refractivity contribution is -0.286. The highest BCUT2D eigenvalue weighted by molar-refractivity contribution is 6.34. The third kappa shape index (κ3) is 4.60. The summed E-state index contributed by atoms with van der Waals surface area (Å²) in [7, 11) is 0. The molecule has 0 saturated heterocycles. The van der Waals surface area contributed by atoms with Gasteiger partial charge in [0.05, 0.1) is 33.7 Å². The molecule has 1 aromatic heterocycles. The van der Waals surface area contributed by atoms with E-state index in [1.165, 1.54) is 24.5 Å². The van der Waals surface area contributed by atoms with E-state index >= 15 is 0 Å². The van der Waals surface area contributed by atoms with Gasteiger partial charge < -0.3 is 14.8 Å². The first kappa shape index (κ1) is 21.7. The molecule has 0 atom stereocenters. The second-order valence-electron chi connectivity index (χ2n) is 5.67. The van der Waals surface area contributed by atoms with Crippen LogP contribution in [0, 0.1) is 0 Å². The number of benzene rings is 2. The van der Waals surface area contributed by atoms with Crippen molar-refractivity contribution in [3.05, 3.63) is 64.4 Å². The Morgan fingerprint density at radius 2 is 1.67 bits per heavy atom. The lowest BCUT2D eigenvalue weighted by atomic mass is 10.1. The number of carbonyl (C=O) groups excluding carboxylic acids is 1. The van der Waals surface area contributed by atoms with Gasteiger partial charge >= 0.3 is 6.29 Å². The van der Waals surface area contributed by atoms with E-state index in [0.29, 0.717) is 16.3 Å². The van der Waals surface area contributed by atoms with Gasteiger partial charge in [0.15, 0.2) is 17.3 Å². The molecule has 2 aromatic carbocycles. The number of halogens is 4. The van der Waals surface area contributed by atoms with Crippen molar-refractivity contribution in [3.63, 3.8) is 0 Å². The Balaban J connectivity index is 0.00000124. The van der Waals surface area contributed by atoms with Gasteiger partial charge in [-0.05, 0) is 18.2 Å². The van der Waals surface area contributed by atoms with Crippen molar-refractivity contribution in [1.82, 2.24) is 9.97 Å². The maximum atomic E-state index is 13.2. The molecule has 2 heterocycles. The van der Waals surface area contributed by atoms with E-state index in [-0.39, 0.29) is 27.9 Å². The largest absolute Gasteiger partial charge is 0.586 e. The van der Waals surface area contributed by atoms with Crippen LogP contribution in [0.3, 0.4) is 0 Å². The van der Waals surface area contributed by atoms with Gasteiger partial charge in [-0.15, -0.1) is 8.78 Å². The molecule has 1 aliphatic rings. The fourth-order valence-corrected chi connectivity index (χ4v) is 3.00. The van der Waals surface area contributed by atoms with Crippen LogP contribution < -0.4 is 14.8 Å². The van der Waals surface area contributed by atoms with Crippen molar-refractivity contribution in [2.24, 2.45) is 0 Å². The molecule has 0 aliphatic carbocycles. The fraction of sp³-hybridized carbons (Fsp3) is 0.150. The van der Waals surface area contributed by atoms with E-state index in [1.54, 1.807) is 24.3 Å². The number of alkyl halides is 2. The molecule has 3 aromatic rings. The van der Waals surface area contributed by atoms with Crippen LogP contribution in [0.25, 0.3) is 11.3 Å². The summed E-state index contributed by atoms with van der Waals surface area (Å²) in [6.07, 6.45) is -1.10. The van der Waals surface area contributed by atoms with E-state index in [2.05, 4.69) is 24.8 Å². The Bertz CT molecular complexity index is 1080. The molecule has 0 unspecified atom stereocenters. The van der Waals surface area contributed by atoms with E-state index in [4.69, 9.17) is 23.2 Å². The molecule has 156 valence electrons. The number of aromatic nitrogens is 2. The highest BCUT2D eigenvalue weighted by atomic mass is 35.5. The summed E-state index contributed by atoms with van der Waals surface area (Å²) in [4.78, 5) is 20.5. The molecular formula is C20H15Cl2F2N3O3. The van der Waals surface area contributed by atoms with Crippen LogP contribution in [-0.2, 0) is 0 Å². The molecule has 0 radical (unpaired) electrons. The minimum absolute atomic E-state index is 0.127. The highest BCUT2D eigenvalue weighted by Gasteiger charge is 2.43. The molecule has 0 bridgehead atoms. The number of anilines is 1. The lowest BCUT2D eigenvalue weighted by Crippen LogP contribution is -2.25. The van der Waals surface area contributed by atoms with Crippen LogP contribution in [0.1, 0.15) is 24.2 Å². The second kappa shape index (κ2) is 8.81. The van der Waals surface area contributed by atoms with Gasteiger partial charge in [0.2, 0.25) is 0 Å². The van der Waals surface area contributed by atoms with Gasteiger partial charge in [0, 0.05) is 11.6 Å². The standard InChI is InChI=1S/C18H9Cl2F2N3O3.C2H6/c19-11-4-2-1-3-9(11)17(26)25-16-8-23-13(7-24-16)10-5-14-15(6-12(10)20)28-18(21,22)27-14;1-2/h1-8H,(H,24,25,26);1-2H3. The maximum Gasteiger partial charge on any atom is 0.586 e. The normalized spacial score (nSPS) is 13.3. The van der Waals surface area contributed by atoms with Crippen LogP contribution in [0.2, 0.25) is 10.0 Å². The van der Waals surface area contributed by atoms with E-state index in [1.807, 2.05) is 13.8 Å². The summed E-state index contributed by atoms with van der Waals surface area (Å²) < 4.78 is 35.1. The Morgan fingerprint density at radius 3 is 2.30 bits per heavy atom. The molecule has 4 rings (SSSR count). The Labute approximate surface area is 180 Å². The van der Waals surface area contributed by atoms with Crippen molar-refractivity contribution >= 4 is 34.9 Å². The minimum atomic E-state index is -3.75. The fourth-order valence-electron chi connectivity index (χ4n) is 2.53. The van der Waals surface area contributed by atoms with Crippen molar-refractivity contribution in [3.8, 4) is 22.8 Å². The molecule has 6 nitrogen and oxygen atoms in total. The predicted molar refractivity (Wildman–Crippen MR) is 109 cm³/mol. The van der Waals surface area contributed by atoms with Gasteiger partial charge in [-0.2, -0.15) is 0 Å². The first-order valence-electron chi connectivity index (χ1n) is 8.80. The SMILES string of the molecule is CC.O=C(Nc1cnc(-c2cc3c(cc2Cl)OC(F)(F)O3)cn1)c1ccccc1Cl.